The van der Waals surface area contributed by atoms with Crippen molar-refractivity contribution in [3.8, 4) is 0 Å². The second-order valence-corrected chi connectivity index (χ2v) is 12.4. The maximum Gasteiger partial charge on any atom is 0.0577 e. The van der Waals surface area contributed by atoms with Gasteiger partial charge in [-0.25, -0.2) is 0 Å². The monoisotopic (exact) mass is 412 g/mol. The highest BCUT2D eigenvalue weighted by Crippen LogP contribution is 2.67. The summed E-state index contributed by atoms with van der Waals surface area (Å²) in [5, 5.41) is 10.2. The van der Waals surface area contributed by atoms with E-state index >= 15 is 0 Å². The summed E-state index contributed by atoms with van der Waals surface area (Å²) in [6, 6.07) is 0. The number of aliphatic hydroxyl groups is 1. The molecule has 1 nitrogen and oxygen atoms in total. The quantitative estimate of drug-likeness (QED) is 0.457. The summed E-state index contributed by atoms with van der Waals surface area (Å²) in [6.07, 6.45) is 19.1. The molecule has 4 rings (SSSR count). The first-order chi connectivity index (χ1) is 14.2. The first kappa shape index (κ1) is 22.6. The van der Waals surface area contributed by atoms with E-state index in [2.05, 4.69) is 59.8 Å². The molecule has 0 radical (unpaired) electrons. The van der Waals surface area contributed by atoms with Crippen LogP contribution in [0.3, 0.4) is 0 Å². The van der Waals surface area contributed by atoms with Crippen LogP contribution in [0.4, 0.5) is 0 Å². The van der Waals surface area contributed by atoms with Crippen molar-refractivity contribution in [3.63, 3.8) is 0 Å². The smallest absolute Gasteiger partial charge is 0.0577 e. The third kappa shape index (κ3) is 3.66. The minimum Gasteiger partial charge on any atom is -0.393 e. The van der Waals surface area contributed by atoms with E-state index in [1.807, 2.05) is 0 Å². The molecule has 0 heterocycles. The summed E-state index contributed by atoms with van der Waals surface area (Å²) in [6.45, 7) is 14.8. The van der Waals surface area contributed by atoms with Crippen molar-refractivity contribution in [2.24, 2.45) is 52.3 Å². The Morgan fingerprint density at radius 3 is 2.50 bits per heavy atom. The molecule has 4 aliphatic rings. The van der Waals surface area contributed by atoms with Crippen LogP contribution in [0, 0.1) is 52.3 Å². The Morgan fingerprint density at radius 2 is 1.80 bits per heavy atom. The van der Waals surface area contributed by atoms with Crippen molar-refractivity contribution in [2.45, 2.75) is 105 Å². The molecule has 1 N–H and O–H groups in total. The first-order valence-corrected chi connectivity index (χ1v) is 13.3. The maximum atomic E-state index is 10.2. The summed E-state index contributed by atoms with van der Waals surface area (Å²) in [7, 11) is 0. The highest BCUT2D eigenvalue weighted by molar-refractivity contribution is 5.25. The Kier molecular flexibility index (Phi) is 6.35. The zero-order chi connectivity index (χ0) is 21.7. The summed E-state index contributed by atoms with van der Waals surface area (Å²) >= 11 is 0. The highest BCUT2D eigenvalue weighted by atomic mass is 16.3. The van der Waals surface area contributed by atoms with E-state index in [9.17, 15) is 5.11 Å². The Morgan fingerprint density at radius 1 is 1.03 bits per heavy atom. The molecule has 0 aliphatic heterocycles. The van der Waals surface area contributed by atoms with Gasteiger partial charge in [0, 0.05) is 0 Å². The standard InChI is InChI=1S/C29H48O/c1-7-21(19(2)3)9-8-20(4)25-12-13-26-24-11-10-22-18-23(30)14-16-28(22,5)27(24)15-17-29(25,26)6/h8-10,19-21,23-27,30H,7,11-18H2,1-6H3/t20-,21+,23-,24+,25+,26+,27+,28-,29+/m0/s1. The summed E-state index contributed by atoms with van der Waals surface area (Å²) < 4.78 is 0. The fourth-order valence-corrected chi connectivity index (χ4v) is 8.83. The molecular formula is C29H48O. The van der Waals surface area contributed by atoms with Crippen LogP contribution in [0.25, 0.3) is 0 Å². The van der Waals surface area contributed by atoms with E-state index in [0.717, 1.165) is 48.3 Å². The first-order valence-electron chi connectivity index (χ1n) is 13.3. The number of hydrogen-bond donors (Lipinski definition) is 1. The molecule has 4 aliphatic carbocycles. The van der Waals surface area contributed by atoms with Crippen molar-refractivity contribution >= 4 is 0 Å². The zero-order valence-electron chi connectivity index (χ0n) is 20.7. The molecule has 3 fully saturated rings. The van der Waals surface area contributed by atoms with Gasteiger partial charge in [-0.1, -0.05) is 65.3 Å². The normalized spacial score (nSPS) is 45.6. The van der Waals surface area contributed by atoms with Crippen molar-refractivity contribution in [1.82, 2.24) is 0 Å². The van der Waals surface area contributed by atoms with E-state index in [1.165, 1.54) is 44.9 Å². The van der Waals surface area contributed by atoms with Crippen LogP contribution < -0.4 is 0 Å². The molecule has 30 heavy (non-hydrogen) atoms. The fraction of sp³-hybridized carbons (Fsp3) is 0.862. The molecular weight excluding hydrogens is 364 g/mol. The lowest BCUT2D eigenvalue weighted by Crippen LogP contribution is -2.50. The van der Waals surface area contributed by atoms with E-state index in [4.69, 9.17) is 0 Å². The molecule has 0 unspecified atom stereocenters. The minimum atomic E-state index is -0.0870. The number of aliphatic hydroxyl groups excluding tert-OH is 1. The van der Waals surface area contributed by atoms with E-state index < -0.39 is 0 Å². The molecule has 0 aromatic heterocycles. The van der Waals surface area contributed by atoms with Crippen LogP contribution in [-0.4, -0.2) is 11.2 Å². The average Bonchev–Trinajstić information content (AvgIpc) is 3.06. The highest BCUT2D eigenvalue weighted by Gasteiger charge is 2.58. The van der Waals surface area contributed by atoms with Gasteiger partial charge in [0.15, 0.2) is 0 Å². The van der Waals surface area contributed by atoms with Crippen LogP contribution in [0.1, 0.15) is 99.3 Å². The molecule has 3 saturated carbocycles. The Bertz CT molecular complexity index is 674. The molecule has 0 aromatic carbocycles. The lowest BCUT2D eigenvalue weighted by atomic mass is 9.47. The Balaban J connectivity index is 1.52. The number of fused-ring (bicyclic) bond motifs is 5. The molecule has 0 bridgehead atoms. The van der Waals surface area contributed by atoms with Crippen LogP contribution in [-0.2, 0) is 0 Å². The number of allylic oxidation sites excluding steroid dienone is 3. The maximum absolute atomic E-state index is 10.2. The van der Waals surface area contributed by atoms with Gasteiger partial charge >= 0.3 is 0 Å². The Labute approximate surface area is 186 Å². The Hall–Kier alpha value is -0.560. The summed E-state index contributed by atoms with van der Waals surface area (Å²) in [4.78, 5) is 0. The van der Waals surface area contributed by atoms with Crippen molar-refractivity contribution < 1.29 is 5.11 Å². The van der Waals surface area contributed by atoms with Crippen LogP contribution in [0.2, 0.25) is 0 Å². The van der Waals surface area contributed by atoms with Crippen molar-refractivity contribution in [2.75, 3.05) is 0 Å². The minimum absolute atomic E-state index is 0.0870. The molecule has 0 saturated heterocycles. The molecule has 170 valence electrons. The third-order valence-corrected chi connectivity index (χ3v) is 10.8. The zero-order valence-corrected chi connectivity index (χ0v) is 20.7. The number of hydrogen-bond acceptors (Lipinski definition) is 1. The van der Waals surface area contributed by atoms with Crippen LogP contribution >= 0.6 is 0 Å². The van der Waals surface area contributed by atoms with Gasteiger partial charge < -0.3 is 5.11 Å². The predicted molar refractivity (Wildman–Crippen MR) is 128 cm³/mol. The average molecular weight is 413 g/mol. The van der Waals surface area contributed by atoms with Gasteiger partial charge in [0.05, 0.1) is 6.10 Å². The second kappa shape index (κ2) is 8.42. The van der Waals surface area contributed by atoms with E-state index in [-0.39, 0.29) is 6.10 Å². The van der Waals surface area contributed by atoms with Crippen LogP contribution in [0.15, 0.2) is 23.8 Å². The summed E-state index contributed by atoms with van der Waals surface area (Å²) in [5.41, 5.74) is 2.51. The number of rotatable bonds is 5. The van der Waals surface area contributed by atoms with Gasteiger partial charge in [-0.15, -0.1) is 0 Å². The predicted octanol–water partition coefficient (Wildman–Crippen LogP) is 7.80. The van der Waals surface area contributed by atoms with Gasteiger partial charge in [0.2, 0.25) is 0 Å². The second-order valence-electron chi connectivity index (χ2n) is 12.4. The van der Waals surface area contributed by atoms with Crippen molar-refractivity contribution in [1.29, 1.82) is 0 Å². The third-order valence-electron chi connectivity index (χ3n) is 10.8. The SMILES string of the molecule is CC[C@H](C=C[C@H](C)[C@H]1CC[C@@H]2[C@H]3CC=C4C[C@@H](O)CC[C@]4(C)[C@@H]3CC[C@@]21C)C(C)C. The topological polar surface area (TPSA) is 20.2 Å². The lowest BCUT2D eigenvalue weighted by molar-refractivity contribution is -0.0540. The van der Waals surface area contributed by atoms with Gasteiger partial charge in [0.1, 0.15) is 0 Å². The largest absolute Gasteiger partial charge is 0.393 e. The van der Waals surface area contributed by atoms with Gasteiger partial charge in [-0.3, -0.25) is 0 Å². The van der Waals surface area contributed by atoms with Gasteiger partial charge in [-0.05, 0) is 110 Å². The van der Waals surface area contributed by atoms with Crippen molar-refractivity contribution in [3.05, 3.63) is 23.8 Å². The fourth-order valence-electron chi connectivity index (χ4n) is 8.83. The molecule has 0 amide bonds. The van der Waals surface area contributed by atoms with Gasteiger partial charge in [0.25, 0.3) is 0 Å². The van der Waals surface area contributed by atoms with Gasteiger partial charge in [-0.2, -0.15) is 0 Å². The molecule has 0 spiro atoms. The molecule has 0 aromatic rings. The lowest BCUT2D eigenvalue weighted by Gasteiger charge is -2.58. The molecule has 9 atom stereocenters. The van der Waals surface area contributed by atoms with Crippen LogP contribution in [0.5, 0.6) is 0 Å². The van der Waals surface area contributed by atoms with E-state index in [0.29, 0.717) is 16.7 Å². The molecule has 1 heteroatoms. The summed E-state index contributed by atoms with van der Waals surface area (Å²) in [5.74, 6) is 5.70. The van der Waals surface area contributed by atoms with E-state index in [1.54, 1.807) is 5.57 Å².